The lowest BCUT2D eigenvalue weighted by molar-refractivity contribution is 0.0608. The molecule has 0 saturated carbocycles. The van der Waals surface area contributed by atoms with Gasteiger partial charge in [-0.15, -0.1) is 0 Å². The van der Waals surface area contributed by atoms with E-state index >= 15 is 0 Å². The minimum Gasteiger partial charge on any atom is -0.396 e. The van der Waals surface area contributed by atoms with E-state index in [9.17, 15) is 9.18 Å². The van der Waals surface area contributed by atoms with Crippen LogP contribution in [-0.4, -0.2) is 23.9 Å². The molecular weight excluding hydrogens is 335 g/mol. The van der Waals surface area contributed by atoms with Crippen molar-refractivity contribution in [1.29, 1.82) is 0 Å². The molecule has 1 fully saturated rings. The van der Waals surface area contributed by atoms with Gasteiger partial charge in [-0.1, -0.05) is 20.8 Å². The number of nitrogens with zero attached hydrogens (tertiary/aromatic N) is 1. The van der Waals surface area contributed by atoms with Gasteiger partial charge in [-0.25, -0.2) is 4.39 Å². The first-order valence-electron chi connectivity index (χ1n) is 7.24. The van der Waals surface area contributed by atoms with Crippen molar-refractivity contribution in [3.63, 3.8) is 0 Å². The van der Waals surface area contributed by atoms with E-state index in [0.717, 1.165) is 25.9 Å². The first-order valence-corrected chi connectivity index (χ1v) is 8.03. The lowest BCUT2D eigenvalue weighted by atomic mass is 9.75. The summed E-state index contributed by atoms with van der Waals surface area (Å²) in [4.78, 5) is 14.4. The normalized spacial score (nSPS) is 17.1. The van der Waals surface area contributed by atoms with Crippen LogP contribution in [0.3, 0.4) is 0 Å². The number of benzene rings is 1. The van der Waals surface area contributed by atoms with E-state index in [0.29, 0.717) is 16.0 Å². The number of nitrogens with two attached hydrogens (primary N) is 1. The summed E-state index contributed by atoms with van der Waals surface area (Å²) in [5.41, 5.74) is 6.28. The molecule has 1 aromatic rings. The molecule has 0 aromatic heterocycles. The molecule has 21 heavy (non-hydrogen) atoms. The first-order chi connectivity index (χ1) is 9.70. The zero-order chi connectivity index (χ0) is 15.8. The smallest absolute Gasteiger partial charge is 0.255 e. The van der Waals surface area contributed by atoms with Gasteiger partial charge in [0.25, 0.3) is 5.91 Å². The lowest BCUT2D eigenvalue weighted by Crippen LogP contribution is -2.41. The van der Waals surface area contributed by atoms with Gasteiger partial charge < -0.3 is 10.6 Å². The number of hydrogen-bond acceptors (Lipinski definition) is 2. The Labute approximate surface area is 133 Å². The van der Waals surface area contributed by atoms with Crippen molar-refractivity contribution >= 4 is 27.5 Å². The molecule has 1 aliphatic heterocycles. The van der Waals surface area contributed by atoms with E-state index < -0.39 is 5.82 Å². The van der Waals surface area contributed by atoms with Crippen LogP contribution < -0.4 is 5.73 Å². The maximum absolute atomic E-state index is 13.4. The van der Waals surface area contributed by atoms with Gasteiger partial charge in [-0.05, 0) is 52.2 Å². The number of rotatable bonds is 1. The topological polar surface area (TPSA) is 46.3 Å². The van der Waals surface area contributed by atoms with Crippen molar-refractivity contribution in [2.45, 2.75) is 33.6 Å². The lowest BCUT2D eigenvalue weighted by Gasteiger charge is -2.38. The Bertz CT molecular complexity index is 546. The van der Waals surface area contributed by atoms with Crippen molar-refractivity contribution in [2.24, 2.45) is 11.3 Å². The van der Waals surface area contributed by atoms with Crippen molar-refractivity contribution in [1.82, 2.24) is 4.90 Å². The minimum atomic E-state index is -0.509. The number of piperidine rings is 1. The van der Waals surface area contributed by atoms with E-state index in [1.165, 1.54) is 12.1 Å². The maximum atomic E-state index is 13.4. The Morgan fingerprint density at radius 3 is 2.43 bits per heavy atom. The van der Waals surface area contributed by atoms with Crippen LogP contribution in [0.15, 0.2) is 16.6 Å². The van der Waals surface area contributed by atoms with Gasteiger partial charge in [-0.3, -0.25) is 4.79 Å². The molecule has 0 spiro atoms. The van der Waals surface area contributed by atoms with Crippen molar-refractivity contribution in [3.05, 3.63) is 28.0 Å². The van der Waals surface area contributed by atoms with E-state index in [2.05, 4.69) is 36.7 Å². The van der Waals surface area contributed by atoms with Gasteiger partial charge in [0, 0.05) is 17.6 Å². The summed E-state index contributed by atoms with van der Waals surface area (Å²) in [7, 11) is 0. The molecule has 1 aliphatic rings. The standard InChI is InChI=1S/C16H22BrFN2O/c1-16(2,3)10-4-6-20(7-5-10)15(21)11-8-14(19)13(18)9-12(11)17/h8-10H,4-7,19H2,1-3H3. The zero-order valence-electron chi connectivity index (χ0n) is 12.7. The third-order valence-electron chi connectivity index (χ3n) is 4.32. The van der Waals surface area contributed by atoms with Gasteiger partial charge in [0.15, 0.2) is 0 Å². The minimum absolute atomic E-state index is 0.00567. The van der Waals surface area contributed by atoms with Crippen molar-refractivity contribution in [3.8, 4) is 0 Å². The number of amides is 1. The molecule has 1 heterocycles. The number of likely N-dealkylation sites (tertiary alicyclic amines) is 1. The quantitative estimate of drug-likeness (QED) is 0.771. The van der Waals surface area contributed by atoms with Crippen LogP contribution in [-0.2, 0) is 0 Å². The molecule has 0 atom stereocenters. The molecule has 5 heteroatoms. The number of halogens is 2. The molecule has 1 amide bonds. The van der Waals surface area contributed by atoms with Crippen LogP contribution in [0.4, 0.5) is 10.1 Å². The Morgan fingerprint density at radius 2 is 1.90 bits per heavy atom. The van der Waals surface area contributed by atoms with E-state index in [1.54, 1.807) is 0 Å². The van der Waals surface area contributed by atoms with E-state index in [1.807, 2.05) is 4.90 Å². The van der Waals surface area contributed by atoms with Crippen molar-refractivity contribution < 1.29 is 9.18 Å². The number of anilines is 1. The predicted octanol–water partition coefficient (Wildman–Crippen LogP) is 4.07. The second-order valence-electron chi connectivity index (χ2n) is 6.79. The number of hydrogen-bond donors (Lipinski definition) is 1. The average Bonchev–Trinajstić information content (AvgIpc) is 2.41. The summed E-state index contributed by atoms with van der Waals surface area (Å²) in [5.74, 6) is 0.0362. The molecule has 2 N–H and O–H groups in total. The van der Waals surface area contributed by atoms with Gasteiger partial charge in [0.1, 0.15) is 5.82 Å². The molecule has 0 aliphatic carbocycles. The summed E-state index contributed by atoms with van der Waals surface area (Å²) in [6.07, 6.45) is 2.01. The first kappa shape index (κ1) is 16.3. The second-order valence-corrected chi connectivity index (χ2v) is 7.64. The molecule has 0 bridgehead atoms. The highest BCUT2D eigenvalue weighted by atomic mass is 79.9. The average molecular weight is 357 g/mol. The van der Waals surface area contributed by atoms with Crippen LogP contribution in [0, 0.1) is 17.2 Å². The van der Waals surface area contributed by atoms with Crippen LogP contribution >= 0.6 is 15.9 Å². The van der Waals surface area contributed by atoms with E-state index in [-0.39, 0.29) is 17.0 Å². The van der Waals surface area contributed by atoms with E-state index in [4.69, 9.17) is 5.73 Å². The highest BCUT2D eigenvalue weighted by molar-refractivity contribution is 9.10. The highest BCUT2D eigenvalue weighted by Crippen LogP contribution is 2.35. The fourth-order valence-electron chi connectivity index (χ4n) is 2.85. The van der Waals surface area contributed by atoms with Gasteiger partial charge in [0.05, 0.1) is 11.3 Å². The molecule has 3 nitrogen and oxygen atoms in total. The largest absolute Gasteiger partial charge is 0.396 e. The molecule has 116 valence electrons. The SMILES string of the molecule is CC(C)(C)C1CCN(C(=O)c2cc(N)c(F)cc2Br)CC1. The number of nitrogen functional groups attached to an aromatic ring is 1. The van der Waals surface area contributed by atoms with Gasteiger partial charge in [0.2, 0.25) is 0 Å². The molecular formula is C16H22BrFN2O. The summed E-state index contributed by atoms with van der Waals surface area (Å²) >= 11 is 3.25. The highest BCUT2D eigenvalue weighted by Gasteiger charge is 2.31. The molecule has 0 radical (unpaired) electrons. The van der Waals surface area contributed by atoms with Gasteiger partial charge in [-0.2, -0.15) is 0 Å². The molecule has 0 unspecified atom stereocenters. The van der Waals surface area contributed by atoms with Crippen molar-refractivity contribution in [2.75, 3.05) is 18.8 Å². The summed E-state index contributed by atoms with van der Waals surface area (Å²) in [6, 6.07) is 2.67. The fourth-order valence-corrected chi connectivity index (χ4v) is 3.33. The Kier molecular flexibility index (Phi) is 4.61. The van der Waals surface area contributed by atoms with Crippen LogP contribution in [0.2, 0.25) is 0 Å². The monoisotopic (exact) mass is 356 g/mol. The third-order valence-corrected chi connectivity index (χ3v) is 4.98. The fraction of sp³-hybridized carbons (Fsp3) is 0.562. The second kappa shape index (κ2) is 5.95. The van der Waals surface area contributed by atoms with Crippen LogP contribution in [0.1, 0.15) is 44.0 Å². The summed E-state index contributed by atoms with van der Waals surface area (Å²) in [6.45, 7) is 8.21. The number of carbonyl (C=O) groups is 1. The molecule has 2 rings (SSSR count). The van der Waals surface area contributed by atoms with Crippen LogP contribution in [0.5, 0.6) is 0 Å². The Balaban J connectivity index is 2.11. The third kappa shape index (κ3) is 3.57. The zero-order valence-corrected chi connectivity index (χ0v) is 14.3. The summed E-state index contributed by atoms with van der Waals surface area (Å²) in [5, 5.41) is 0. The Hall–Kier alpha value is -1.10. The van der Waals surface area contributed by atoms with Gasteiger partial charge >= 0.3 is 0 Å². The Morgan fingerprint density at radius 1 is 1.33 bits per heavy atom. The number of carbonyl (C=O) groups excluding carboxylic acids is 1. The summed E-state index contributed by atoms with van der Waals surface area (Å²) < 4.78 is 13.8. The van der Waals surface area contributed by atoms with Crippen LogP contribution in [0.25, 0.3) is 0 Å². The molecule has 1 aromatic carbocycles. The molecule has 1 saturated heterocycles. The maximum Gasteiger partial charge on any atom is 0.255 e. The predicted molar refractivity (Wildman–Crippen MR) is 86.6 cm³/mol.